The number of aromatic nitrogens is 2. The van der Waals surface area contributed by atoms with Gasteiger partial charge < -0.3 is 20.1 Å². The predicted octanol–water partition coefficient (Wildman–Crippen LogP) is 3.59. The van der Waals surface area contributed by atoms with Crippen molar-refractivity contribution < 1.29 is 19.1 Å². The van der Waals surface area contributed by atoms with Crippen LogP contribution in [-0.4, -0.2) is 34.8 Å². The fourth-order valence-corrected chi connectivity index (χ4v) is 3.22. The first kappa shape index (κ1) is 24.2. The summed E-state index contributed by atoms with van der Waals surface area (Å²) in [6.07, 6.45) is 0. The van der Waals surface area contributed by atoms with E-state index in [1.165, 1.54) is 16.8 Å². The number of carbonyl (C=O) groups is 2. The number of nitrogens with one attached hydrogen (secondary N) is 2. The van der Waals surface area contributed by atoms with Crippen molar-refractivity contribution in [3.05, 3.63) is 113 Å². The molecule has 0 aliphatic rings. The van der Waals surface area contributed by atoms with E-state index in [4.69, 9.17) is 9.47 Å². The standard InChI is InChI=1S/C27H24N4O5/c32-25(28-20-8-3-1-4-9-20)19-36-23-13-7-10-21(18-23)29-27(34)24-14-15-26(33)31(30-24)16-17-35-22-11-5-2-6-12-22/h1-15,18H,16-17,19H2,(H,28,32)(H,29,34). The van der Waals surface area contributed by atoms with Crippen molar-refractivity contribution in [2.75, 3.05) is 23.8 Å². The van der Waals surface area contributed by atoms with Crippen LogP contribution in [-0.2, 0) is 11.3 Å². The van der Waals surface area contributed by atoms with Gasteiger partial charge in [-0.05, 0) is 42.5 Å². The summed E-state index contributed by atoms with van der Waals surface area (Å²) in [6, 6.07) is 27.6. The highest BCUT2D eigenvalue weighted by molar-refractivity contribution is 6.02. The molecule has 0 radical (unpaired) electrons. The minimum Gasteiger partial charge on any atom is -0.492 e. The van der Waals surface area contributed by atoms with E-state index in [2.05, 4.69) is 15.7 Å². The van der Waals surface area contributed by atoms with E-state index in [1.54, 1.807) is 36.4 Å². The summed E-state index contributed by atoms with van der Waals surface area (Å²) in [5.41, 5.74) is 0.857. The van der Waals surface area contributed by atoms with Gasteiger partial charge in [0.05, 0.1) is 6.54 Å². The SMILES string of the molecule is O=C(COc1cccc(NC(=O)c2ccc(=O)n(CCOc3ccccc3)n2)c1)Nc1ccccc1. The van der Waals surface area contributed by atoms with Gasteiger partial charge >= 0.3 is 0 Å². The summed E-state index contributed by atoms with van der Waals surface area (Å²) in [5, 5.41) is 9.61. The lowest BCUT2D eigenvalue weighted by Gasteiger charge is -2.11. The minimum absolute atomic E-state index is 0.0721. The fraction of sp³-hybridized carbons (Fsp3) is 0.111. The predicted molar refractivity (Wildman–Crippen MR) is 135 cm³/mol. The highest BCUT2D eigenvalue weighted by Crippen LogP contribution is 2.18. The smallest absolute Gasteiger partial charge is 0.276 e. The summed E-state index contributed by atoms with van der Waals surface area (Å²) in [6.45, 7) is 0.215. The molecule has 0 fully saturated rings. The summed E-state index contributed by atoms with van der Waals surface area (Å²) >= 11 is 0. The number of hydrogen-bond donors (Lipinski definition) is 2. The highest BCUT2D eigenvalue weighted by atomic mass is 16.5. The molecule has 2 amide bonds. The molecule has 3 aromatic carbocycles. The fourth-order valence-electron chi connectivity index (χ4n) is 3.22. The summed E-state index contributed by atoms with van der Waals surface area (Å²) < 4.78 is 12.3. The van der Waals surface area contributed by atoms with Crippen molar-refractivity contribution >= 4 is 23.2 Å². The Bertz CT molecular complexity index is 1370. The van der Waals surface area contributed by atoms with Crippen molar-refractivity contribution in [1.29, 1.82) is 0 Å². The van der Waals surface area contributed by atoms with E-state index in [9.17, 15) is 14.4 Å². The lowest BCUT2D eigenvalue weighted by atomic mass is 10.3. The van der Waals surface area contributed by atoms with Gasteiger partial charge in [0.15, 0.2) is 6.61 Å². The van der Waals surface area contributed by atoms with E-state index in [1.807, 2.05) is 48.5 Å². The molecule has 36 heavy (non-hydrogen) atoms. The summed E-state index contributed by atoms with van der Waals surface area (Å²) in [5.74, 6) is 0.288. The molecular weight excluding hydrogens is 460 g/mol. The molecule has 0 spiro atoms. The Morgan fingerprint density at radius 1 is 0.750 bits per heavy atom. The van der Waals surface area contributed by atoms with Crippen molar-refractivity contribution in [2.45, 2.75) is 6.54 Å². The van der Waals surface area contributed by atoms with Crippen molar-refractivity contribution in [3.8, 4) is 11.5 Å². The Morgan fingerprint density at radius 3 is 2.22 bits per heavy atom. The molecule has 0 saturated carbocycles. The quantitative estimate of drug-likeness (QED) is 0.356. The first-order valence-corrected chi connectivity index (χ1v) is 11.2. The normalized spacial score (nSPS) is 10.3. The zero-order valence-electron chi connectivity index (χ0n) is 19.3. The van der Waals surface area contributed by atoms with Crippen LogP contribution in [0.3, 0.4) is 0 Å². The Balaban J connectivity index is 1.32. The van der Waals surface area contributed by atoms with Crippen LogP contribution < -0.4 is 25.7 Å². The molecule has 0 unspecified atom stereocenters. The van der Waals surface area contributed by atoms with Gasteiger partial charge in [0.25, 0.3) is 17.4 Å². The van der Waals surface area contributed by atoms with Gasteiger partial charge in [-0.3, -0.25) is 14.4 Å². The molecule has 1 heterocycles. The second kappa shape index (κ2) is 12.0. The maximum Gasteiger partial charge on any atom is 0.276 e. The van der Waals surface area contributed by atoms with Gasteiger partial charge in [-0.15, -0.1) is 0 Å². The third-order valence-corrected chi connectivity index (χ3v) is 4.93. The minimum atomic E-state index is -0.494. The number of ether oxygens (including phenoxy) is 2. The molecule has 182 valence electrons. The maximum atomic E-state index is 12.7. The van der Waals surface area contributed by atoms with Crippen molar-refractivity contribution in [1.82, 2.24) is 9.78 Å². The van der Waals surface area contributed by atoms with Gasteiger partial charge in [-0.25, -0.2) is 4.68 Å². The van der Waals surface area contributed by atoms with E-state index >= 15 is 0 Å². The van der Waals surface area contributed by atoms with Crippen LogP contribution in [0.4, 0.5) is 11.4 Å². The number of hydrogen-bond acceptors (Lipinski definition) is 6. The van der Waals surface area contributed by atoms with Gasteiger partial charge in [-0.2, -0.15) is 5.10 Å². The van der Waals surface area contributed by atoms with Crippen LogP contribution in [0.15, 0.2) is 102 Å². The molecule has 0 saturated heterocycles. The van der Waals surface area contributed by atoms with Crippen LogP contribution in [0.2, 0.25) is 0 Å². The van der Waals surface area contributed by atoms with E-state index in [-0.39, 0.29) is 36.9 Å². The number of anilines is 2. The zero-order chi connectivity index (χ0) is 25.2. The average Bonchev–Trinajstić information content (AvgIpc) is 2.90. The second-order valence-corrected chi connectivity index (χ2v) is 7.63. The highest BCUT2D eigenvalue weighted by Gasteiger charge is 2.11. The number of para-hydroxylation sites is 2. The van der Waals surface area contributed by atoms with Crippen LogP contribution in [0.25, 0.3) is 0 Å². The zero-order valence-corrected chi connectivity index (χ0v) is 19.3. The molecule has 0 aliphatic carbocycles. The van der Waals surface area contributed by atoms with Gasteiger partial charge in [0, 0.05) is 23.5 Å². The molecule has 0 atom stereocenters. The average molecular weight is 485 g/mol. The third kappa shape index (κ3) is 7.04. The van der Waals surface area contributed by atoms with Crippen molar-refractivity contribution in [3.63, 3.8) is 0 Å². The maximum absolute atomic E-state index is 12.7. The lowest BCUT2D eigenvalue weighted by Crippen LogP contribution is -2.28. The Kier molecular flexibility index (Phi) is 8.06. The first-order valence-electron chi connectivity index (χ1n) is 11.2. The van der Waals surface area contributed by atoms with Crippen molar-refractivity contribution in [2.24, 2.45) is 0 Å². The van der Waals surface area contributed by atoms with E-state index in [0.717, 1.165) is 0 Å². The largest absolute Gasteiger partial charge is 0.492 e. The molecule has 2 N–H and O–H groups in total. The molecule has 0 aliphatic heterocycles. The second-order valence-electron chi connectivity index (χ2n) is 7.63. The van der Waals surface area contributed by atoms with Gasteiger partial charge in [-0.1, -0.05) is 42.5 Å². The van der Waals surface area contributed by atoms with E-state index in [0.29, 0.717) is 22.9 Å². The molecule has 9 heteroatoms. The van der Waals surface area contributed by atoms with Crippen LogP contribution in [0.5, 0.6) is 11.5 Å². The van der Waals surface area contributed by atoms with Crippen LogP contribution in [0.1, 0.15) is 10.5 Å². The number of rotatable bonds is 10. The third-order valence-electron chi connectivity index (χ3n) is 4.93. The first-order chi connectivity index (χ1) is 17.6. The summed E-state index contributed by atoms with van der Waals surface area (Å²) in [7, 11) is 0. The van der Waals surface area contributed by atoms with E-state index < -0.39 is 5.91 Å². The lowest BCUT2D eigenvalue weighted by molar-refractivity contribution is -0.118. The summed E-state index contributed by atoms with van der Waals surface area (Å²) in [4.78, 5) is 37.0. The number of amides is 2. The molecule has 1 aromatic heterocycles. The Morgan fingerprint density at radius 2 is 1.44 bits per heavy atom. The Hall–Kier alpha value is -4.92. The van der Waals surface area contributed by atoms with Crippen LogP contribution >= 0.6 is 0 Å². The molecule has 0 bridgehead atoms. The molecular formula is C27H24N4O5. The molecule has 4 aromatic rings. The number of nitrogens with zero attached hydrogens (tertiary/aromatic N) is 2. The number of benzene rings is 3. The van der Waals surface area contributed by atoms with Gasteiger partial charge in [0.2, 0.25) is 0 Å². The van der Waals surface area contributed by atoms with Crippen LogP contribution in [0, 0.1) is 0 Å². The topological polar surface area (TPSA) is 112 Å². The van der Waals surface area contributed by atoms with Gasteiger partial charge in [0.1, 0.15) is 23.8 Å². The Labute approximate surface area is 207 Å². The monoisotopic (exact) mass is 484 g/mol. The molecule has 9 nitrogen and oxygen atoms in total. The molecule has 4 rings (SSSR count). The number of carbonyl (C=O) groups excluding carboxylic acids is 2.